The summed E-state index contributed by atoms with van der Waals surface area (Å²) in [7, 11) is 0. The Bertz CT molecular complexity index is 1320. The van der Waals surface area contributed by atoms with Crippen LogP contribution in [0.15, 0.2) is 60.7 Å². The maximum absolute atomic E-state index is 10.2. The van der Waals surface area contributed by atoms with Crippen molar-refractivity contribution in [1.29, 1.82) is 0 Å². The van der Waals surface area contributed by atoms with Crippen molar-refractivity contribution in [3.05, 3.63) is 82.9 Å². The summed E-state index contributed by atoms with van der Waals surface area (Å²) in [6.45, 7) is 0. The average molecular weight is 491 g/mol. The van der Waals surface area contributed by atoms with Crippen LogP contribution in [0.25, 0.3) is 11.1 Å². The Balaban J connectivity index is 1.71. The summed E-state index contributed by atoms with van der Waals surface area (Å²) in [6, 6.07) is 14.6. The second-order valence-electron chi connectivity index (χ2n) is 8.64. The van der Waals surface area contributed by atoms with Crippen LogP contribution >= 0.6 is 0 Å². The molecule has 0 amide bonds. The molecule has 0 heterocycles. The third-order valence-electron chi connectivity index (χ3n) is 6.14. The molecular weight excluding hydrogens is 464 g/mol. The molecule has 4 rings (SSSR count). The van der Waals surface area contributed by atoms with Crippen molar-refractivity contribution in [3.8, 4) is 57.1 Å². The number of benzene rings is 4. The van der Waals surface area contributed by atoms with Crippen molar-refractivity contribution in [3.63, 3.8) is 0 Å². The van der Waals surface area contributed by atoms with Crippen LogP contribution in [0.2, 0.25) is 0 Å². The molecule has 0 atom stereocenters. The Morgan fingerprint density at radius 2 is 0.667 bits per heavy atom. The fraction of sp³-hybridized carbons (Fsp3) is 0.143. The highest BCUT2D eigenvalue weighted by Crippen LogP contribution is 2.41. The predicted octanol–water partition coefficient (Wildman–Crippen LogP) is 4.57. The zero-order valence-electron chi connectivity index (χ0n) is 19.2. The molecule has 4 aromatic carbocycles. The van der Waals surface area contributed by atoms with Crippen molar-refractivity contribution in [2.45, 2.75) is 25.7 Å². The van der Waals surface area contributed by atoms with Gasteiger partial charge in [0.2, 0.25) is 0 Å². The predicted molar refractivity (Wildman–Crippen MR) is 133 cm³/mol. The van der Waals surface area contributed by atoms with Gasteiger partial charge in [-0.2, -0.15) is 0 Å². The minimum absolute atomic E-state index is 0.229. The summed E-state index contributed by atoms with van der Waals surface area (Å²) >= 11 is 0. The van der Waals surface area contributed by atoms with Crippen LogP contribution in [-0.2, 0) is 25.7 Å². The van der Waals surface area contributed by atoms with Gasteiger partial charge >= 0.3 is 0 Å². The number of aromatic hydroxyl groups is 8. The summed E-state index contributed by atoms with van der Waals surface area (Å²) in [5, 5.41) is 79.5. The molecule has 8 N–H and O–H groups in total. The van der Waals surface area contributed by atoms with Gasteiger partial charge in [-0.25, -0.2) is 0 Å². The fourth-order valence-electron chi connectivity index (χ4n) is 4.16. The highest BCUT2D eigenvalue weighted by Gasteiger charge is 2.17. The van der Waals surface area contributed by atoms with Crippen LogP contribution in [0.1, 0.15) is 22.3 Å². The smallest absolute Gasteiger partial charge is 0.158 e. The first-order chi connectivity index (χ1) is 17.1. The van der Waals surface area contributed by atoms with Gasteiger partial charge in [-0.1, -0.05) is 12.1 Å². The standard InChI is InChI=1S/C28H26O8/c29-21-7-3-15(9-23(21)31)1-5-17-11-25(33)27(35)13-19(17)20-14-28(36)26(34)12-18(20)6-2-16-4-8-22(30)24(32)10-16/h3-4,7-14,29-36H,1-2,5-6H2. The Kier molecular flexibility index (Phi) is 6.69. The van der Waals surface area contributed by atoms with Crippen LogP contribution in [0, 0.1) is 0 Å². The van der Waals surface area contributed by atoms with Crippen molar-refractivity contribution in [2.75, 3.05) is 0 Å². The van der Waals surface area contributed by atoms with E-state index in [-0.39, 0.29) is 46.0 Å². The summed E-state index contributed by atoms with van der Waals surface area (Å²) < 4.78 is 0. The summed E-state index contributed by atoms with van der Waals surface area (Å²) in [5.41, 5.74) is 3.84. The lowest BCUT2D eigenvalue weighted by atomic mass is 9.89. The molecule has 8 heteroatoms. The van der Waals surface area contributed by atoms with Crippen LogP contribution in [0.4, 0.5) is 0 Å². The highest BCUT2D eigenvalue weighted by molar-refractivity contribution is 5.76. The Hall–Kier alpha value is -4.72. The lowest BCUT2D eigenvalue weighted by molar-refractivity contribution is 0.402. The molecule has 0 aliphatic heterocycles. The first-order valence-corrected chi connectivity index (χ1v) is 11.2. The molecule has 36 heavy (non-hydrogen) atoms. The van der Waals surface area contributed by atoms with E-state index in [9.17, 15) is 40.9 Å². The molecule has 0 radical (unpaired) electrons. The van der Waals surface area contributed by atoms with Crippen LogP contribution in [0.5, 0.6) is 46.0 Å². The number of aryl methyl sites for hydroxylation is 4. The van der Waals surface area contributed by atoms with Gasteiger partial charge in [0.1, 0.15) is 0 Å². The number of phenols is 8. The zero-order chi connectivity index (χ0) is 26.0. The minimum Gasteiger partial charge on any atom is -0.504 e. The molecule has 0 saturated heterocycles. The maximum atomic E-state index is 10.2. The molecule has 0 fully saturated rings. The topological polar surface area (TPSA) is 162 Å². The summed E-state index contributed by atoms with van der Waals surface area (Å²) in [5.74, 6) is -2.27. The van der Waals surface area contributed by atoms with Crippen molar-refractivity contribution >= 4 is 0 Å². The van der Waals surface area contributed by atoms with E-state index in [1.165, 1.54) is 48.5 Å². The van der Waals surface area contributed by atoms with Crippen LogP contribution in [0.3, 0.4) is 0 Å². The van der Waals surface area contributed by atoms with E-state index < -0.39 is 0 Å². The summed E-state index contributed by atoms with van der Waals surface area (Å²) in [4.78, 5) is 0. The SMILES string of the molecule is Oc1ccc(CCc2cc(O)c(O)cc2-c2cc(O)c(O)cc2CCc2ccc(O)c(O)c2)cc1O. The normalized spacial score (nSPS) is 11.0. The first-order valence-electron chi connectivity index (χ1n) is 11.2. The lowest BCUT2D eigenvalue weighted by Crippen LogP contribution is -1.99. The molecule has 0 aromatic heterocycles. The second-order valence-corrected chi connectivity index (χ2v) is 8.64. The quantitative estimate of drug-likeness (QED) is 0.175. The number of hydrogen-bond acceptors (Lipinski definition) is 8. The Morgan fingerprint density at radius 1 is 0.333 bits per heavy atom. The third kappa shape index (κ3) is 5.17. The van der Waals surface area contributed by atoms with Gasteiger partial charge in [-0.3, -0.25) is 0 Å². The van der Waals surface area contributed by atoms with E-state index in [0.29, 0.717) is 47.9 Å². The average Bonchev–Trinajstić information content (AvgIpc) is 2.84. The van der Waals surface area contributed by atoms with Crippen molar-refractivity contribution < 1.29 is 40.9 Å². The van der Waals surface area contributed by atoms with Crippen LogP contribution in [-0.4, -0.2) is 40.9 Å². The fourth-order valence-corrected chi connectivity index (χ4v) is 4.16. The van der Waals surface area contributed by atoms with E-state index >= 15 is 0 Å². The van der Waals surface area contributed by atoms with E-state index in [1.54, 1.807) is 12.1 Å². The lowest BCUT2D eigenvalue weighted by Gasteiger charge is -2.17. The Labute approximate surface area is 206 Å². The summed E-state index contributed by atoms with van der Waals surface area (Å²) in [6.07, 6.45) is 1.66. The van der Waals surface area contributed by atoms with Gasteiger partial charge in [-0.05, 0) is 108 Å². The molecule has 186 valence electrons. The van der Waals surface area contributed by atoms with Crippen molar-refractivity contribution in [2.24, 2.45) is 0 Å². The van der Waals surface area contributed by atoms with Crippen LogP contribution < -0.4 is 0 Å². The van der Waals surface area contributed by atoms with E-state index in [0.717, 1.165) is 11.1 Å². The molecule has 0 saturated carbocycles. The molecule has 0 unspecified atom stereocenters. The number of phenolic OH excluding ortho intramolecular Hbond substituents is 8. The Morgan fingerprint density at radius 3 is 1.03 bits per heavy atom. The van der Waals surface area contributed by atoms with Crippen molar-refractivity contribution in [1.82, 2.24) is 0 Å². The van der Waals surface area contributed by atoms with Gasteiger partial charge < -0.3 is 40.9 Å². The molecular formula is C28H26O8. The molecule has 4 aromatic rings. The maximum Gasteiger partial charge on any atom is 0.158 e. The minimum atomic E-state index is -0.349. The van der Waals surface area contributed by atoms with E-state index in [1.807, 2.05) is 0 Å². The van der Waals surface area contributed by atoms with Gasteiger partial charge in [0.15, 0.2) is 46.0 Å². The number of hydrogen-bond donors (Lipinski definition) is 8. The zero-order valence-corrected chi connectivity index (χ0v) is 19.2. The second kappa shape index (κ2) is 9.87. The molecule has 0 aliphatic rings. The van der Waals surface area contributed by atoms with E-state index in [2.05, 4.69) is 0 Å². The van der Waals surface area contributed by atoms with Gasteiger partial charge in [0.25, 0.3) is 0 Å². The highest BCUT2D eigenvalue weighted by atomic mass is 16.3. The van der Waals surface area contributed by atoms with E-state index in [4.69, 9.17) is 0 Å². The van der Waals surface area contributed by atoms with Gasteiger partial charge in [-0.15, -0.1) is 0 Å². The first kappa shape index (κ1) is 24.4. The largest absolute Gasteiger partial charge is 0.504 e. The third-order valence-corrected chi connectivity index (χ3v) is 6.14. The monoisotopic (exact) mass is 490 g/mol. The molecule has 0 bridgehead atoms. The van der Waals surface area contributed by atoms with Gasteiger partial charge in [0.05, 0.1) is 0 Å². The number of rotatable bonds is 7. The molecule has 8 nitrogen and oxygen atoms in total. The molecule has 0 spiro atoms. The van der Waals surface area contributed by atoms with Gasteiger partial charge in [0, 0.05) is 0 Å². The molecule has 0 aliphatic carbocycles.